The van der Waals surface area contributed by atoms with Crippen LogP contribution in [0.15, 0.2) is 97.2 Å². The number of nitrogens with one attached hydrogen (secondary N) is 1. The molecule has 3 unspecified atom stereocenters. The van der Waals surface area contributed by atoms with Crippen LogP contribution < -0.4 is 5.32 Å². The normalized spacial score (nSPS) is 14.2. The van der Waals surface area contributed by atoms with Crippen LogP contribution >= 0.6 is 7.82 Å². The number of allylic oxidation sites excluding steroid dienone is 15. The van der Waals surface area contributed by atoms with Gasteiger partial charge < -0.3 is 19.4 Å². The Kier molecular flexibility index (Phi) is 56.8. The first kappa shape index (κ1) is 76.9. The molecule has 0 heterocycles. The van der Waals surface area contributed by atoms with E-state index in [0.717, 1.165) is 122 Å². The summed E-state index contributed by atoms with van der Waals surface area (Å²) in [6.07, 6.45) is 79.8. The molecule has 0 saturated heterocycles. The highest BCUT2D eigenvalue weighted by molar-refractivity contribution is 7.47. The summed E-state index contributed by atoms with van der Waals surface area (Å²) in [4.78, 5) is 37.8. The first-order chi connectivity index (χ1) is 38.9. The second-order valence-electron chi connectivity index (χ2n) is 23.3. The molecule has 0 aromatic rings. The van der Waals surface area contributed by atoms with E-state index in [1.807, 2.05) is 33.3 Å². The molecule has 1 amide bonds. The highest BCUT2D eigenvalue weighted by Crippen LogP contribution is 2.43. The number of phosphoric ester groups is 1. The minimum absolute atomic E-state index is 0.0345. The number of carbonyl (C=O) groups excluding carboxylic acids is 2. The predicted molar refractivity (Wildman–Crippen MR) is 346 cm³/mol. The minimum atomic E-state index is -4.46. The number of amides is 1. The molecule has 0 fully saturated rings. The lowest BCUT2D eigenvalue weighted by molar-refractivity contribution is -0.870. The number of nitrogens with zero attached hydrogens (tertiary/aromatic N) is 1. The number of ether oxygens (including phenoxy) is 1. The number of quaternary nitrogens is 1. The molecule has 0 aliphatic rings. The summed E-state index contributed by atoms with van der Waals surface area (Å²) >= 11 is 0. The number of carbonyl (C=O) groups is 2. The van der Waals surface area contributed by atoms with Crippen LogP contribution in [0.2, 0.25) is 0 Å². The molecule has 2 N–H and O–H groups in total. The Balaban J connectivity index is 5.13. The Bertz CT molecular complexity index is 1690. The summed E-state index contributed by atoms with van der Waals surface area (Å²) in [5.74, 6) is -0.520. The standard InChI is InChI=1S/C70H125N2O7P/c1-7-10-13-16-19-22-25-28-30-31-32-33-34-35-36-37-38-39-40-41-43-45-48-51-54-57-60-63-70(74)79-68(61-58-55-52-49-46-27-24-21-18-15-12-9-3)67(66-78-80(75,76)77-65-64-72(4,5)6)71-69(73)62-59-56-53-50-47-44-42-29-26-23-20-17-14-11-8-2/h10,13,19,22-23,26,28,30,32-33,35-36,38-39,58,61,67-68H,7-9,11-12,14-18,20-21,24-25,27,29,31,34,37,40-57,59-60,62-66H2,1-6H3,(H-,71,73,75,76)/p+1/b13-10-,22-19-,26-23-,30-28-,33-32-,36-35-,39-38-,61-58-. The van der Waals surface area contributed by atoms with Crippen molar-refractivity contribution in [2.45, 2.75) is 296 Å². The van der Waals surface area contributed by atoms with Gasteiger partial charge in [0.15, 0.2) is 0 Å². The molecule has 0 spiro atoms. The molecule has 9 nitrogen and oxygen atoms in total. The zero-order chi connectivity index (χ0) is 58.6. The number of hydrogen-bond donors (Lipinski definition) is 2. The molecular formula is C70H126N2O7P+. The molecule has 0 radical (unpaired) electrons. The number of hydrogen-bond acceptors (Lipinski definition) is 6. The molecule has 10 heteroatoms. The van der Waals surface area contributed by atoms with Crippen molar-refractivity contribution in [1.82, 2.24) is 5.32 Å². The first-order valence-electron chi connectivity index (χ1n) is 33.1. The van der Waals surface area contributed by atoms with Crippen molar-refractivity contribution in [2.75, 3.05) is 40.9 Å². The van der Waals surface area contributed by atoms with Crippen LogP contribution in [-0.4, -0.2) is 74.3 Å². The van der Waals surface area contributed by atoms with Gasteiger partial charge in [-0.25, -0.2) is 4.57 Å². The lowest BCUT2D eigenvalue weighted by atomic mass is 10.0. The van der Waals surface area contributed by atoms with E-state index in [2.05, 4.69) is 111 Å². The first-order valence-corrected chi connectivity index (χ1v) is 34.6. The van der Waals surface area contributed by atoms with Gasteiger partial charge in [-0.3, -0.25) is 18.6 Å². The smallest absolute Gasteiger partial charge is 0.456 e. The predicted octanol–water partition coefficient (Wildman–Crippen LogP) is 20.7. The number of unbranched alkanes of at least 4 members (excludes halogenated alkanes) is 29. The van der Waals surface area contributed by atoms with Crippen molar-refractivity contribution in [2.24, 2.45) is 0 Å². The van der Waals surface area contributed by atoms with Crippen LogP contribution in [0.25, 0.3) is 0 Å². The van der Waals surface area contributed by atoms with Crippen molar-refractivity contribution < 1.29 is 37.3 Å². The summed E-state index contributed by atoms with van der Waals surface area (Å²) in [6, 6.07) is -0.859. The van der Waals surface area contributed by atoms with Crippen molar-refractivity contribution in [3.8, 4) is 0 Å². The van der Waals surface area contributed by atoms with Gasteiger partial charge in [-0.05, 0) is 109 Å². The second kappa shape index (κ2) is 59.1. The van der Waals surface area contributed by atoms with Gasteiger partial charge >= 0.3 is 13.8 Å². The zero-order valence-electron chi connectivity index (χ0n) is 52.8. The van der Waals surface area contributed by atoms with Gasteiger partial charge in [-0.1, -0.05) is 260 Å². The fraction of sp³-hybridized carbons (Fsp3) is 0.743. The third kappa shape index (κ3) is 59.5. The molecule has 462 valence electrons. The molecule has 0 aromatic heterocycles. The average Bonchev–Trinajstić information content (AvgIpc) is 3.43. The van der Waals surface area contributed by atoms with E-state index >= 15 is 0 Å². The van der Waals surface area contributed by atoms with E-state index in [1.54, 1.807) is 0 Å². The zero-order valence-corrected chi connectivity index (χ0v) is 53.7. The van der Waals surface area contributed by atoms with Gasteiger partial charge in [0.1, 0.15) is 19.3 Å². The van der Waals surface area contributed by atoms with Crippen molar-refractivity contribution in [3.63, 3.8) is 0 Å². The molecule has 0 rings (SSSR count). The average molecular weight is 1140 g/mol. The lowest BCUT2D eigenvalue weighted by Crippen LogP contribution is -2.47. The SMILES string of the molecule is CC/C=C\C/C=C\C/C=C\C/C=C\C/C=C\C/C=C\CCCCCCCCCCC(=O)OC(/C=C\CCCCCCCCCCCC)C(COP(=O)(O)OCC[N+](C)(C)C)NC(=O)CCCCCCCCC/C=C\CCCCCC. The quantitative estimate of drug-likeness (QED) is 0.0205. The fourth-order valence-electron chi connectivity index (χ4n) is 9.17. The topological polar surface area (TPSA) is 111 Å². The van der Waals surface area contributed by atoms with Crippen molar-refractivity contribution in [3.05, 3.63) is 97.2 Å². The molecule has 0 aromatic carbocycles. The Labute approximate surface area is 494 Å². The molecule has 3 atom stereocenters. The fourth-order valence-corrected chi connectivity index (χ4v) is 9.91. The number of esters is 1. The third-order valence-electron chi connectivity index (χ3n) is 14.3. The van der Waals surface area contributed by atoms with E-state index in [0.29, 0.717) is 17.4 Å². The van der Waals surface area contributed by atoms with Crippen molar-refractivity contribution in [1.29, 1.82) is 0 Å². The van der Waals surface area contributed by atoms with Crippen LogP contribution in [0.4, 0.5) is 0 Å². The molecule has 0 saturated carbocycles. The van der Waals surface area contributed by atoms with E-state index < -0.39 is 20.0 Å². The van der Waals surface area contributed by atoms with Gasteiger partial charge in [0.05, 0.1) is 33.8 Å². The molecule has 0 aliphatic heterocycles. The van der Waals surface area contributed by atoms with E-state index in [4.69, 9.17) is 13.8 Å². The van der Waals surface area contributed by atoms with Gasteiger partial charge in [0.2, 0.25) is 5.91 Å². The number of likely N-dealkylation sites (N-methyl/N-ethyl adjacent to an activating group) is 1. The van der Waals surface area contributed by atoms with Crippen LogP contribution in [0.3, 0.4) is 0 Å². The minimum Gasteiger partial charge on any atom is -0.456 e. The maximum absolute atomic E-state index is 13.5. The van der Waals surface area contributed by atoms with Crippen LogP contribution in [0.5, 0.6) is 0 Å². The summed E-state index contributed by atoms with van der Waals surface area (Å²) in [7, 11) is 1.48. The highest BCUT2D eigenvalue weighted by Gasteiger charge is 2.30. The maximum atomic E-state index is 13.5. The Morgan fingerprint density at radius 1 is 0.450 bits per heavy atom. The van der Waals surface area contributed by atoms with Gasteiger partial charge in [-0.15, -0.1) is 0 Å². The summed E-state index contributed by atoms with van der Waals surface area (Å²) in [6.45, 7) is 6.88. The van der Waals surface area contributed by atoms with Gasteiger partial charge in [-0.2, -0.15) is 0 Å². The summed E-state index contributed by atoms with van der Waals surface area (Å²) in [5, 5.41) is 3.05. The number of rotatable bonds is 59. The largest absolute Gasteiger partial charge is 0.472 e. The van der Waals surface area contributed by atoms with Gasteiger partial charge in [0.25, 0.3) is 0 Å². The van der Waals surface area contributed by atoms with E-state index in [9.17, 15) is 19.0 Å². The second-order valence-corrected chi connectivity index (χ2v) is 24.7. The monoisotopic (exact) mass is 1140 g/mol. The van der Waals surface area contributed by atoms with E-state index in [1.165, 1.54) is 128 Å². The molecule has 0 aliphatic carbocycles. The number of phosphoric acid groups is 1. The Morgan fingerprint density at radius 3 is 1.23 bits per heavy atom. The molecule has 80 heavy (non-hydrogen) atoms. The van der Waals surface area contributed by atoms with Crippen LogP contribution in [0.1, 0.15) is 284 Å². The van der Waals surface area contributed by atoms with Crippen LogP contribution in [-0.2, 0) is 27.9 Å². The molecule has 0 bridgehead atoms. The summed E-state index contributed by atoms with van der Waals surface area (Å²) < 4.78 is 30.7. The van der Waals surface area contributed by atoms with Crippen molar-refractivity contribution >= 4 is 19.7 Å². The lowest BCUT2D eigenvalue weighted by Gasteiger charge is -2.27. The maximum Gasteiger partial charge on any atom is 0.472 e. The van der Waals surface area contributed by atoms with Crippen LogP contribution in [0, 0.1) is 0 Å². The van der Waals surface area contributed by atoms with Gasteiger partial charge in [0, 0.05) is 12.8 Å². The van der Waals surface area contributed by atoms with E-state index in [-0.39, 0.29) is 31.5 Å². The Morgan fingerprint density at radius 2 is 0.800 bits per heavy atom. The summed E-state index contributed by atoms with van der Waals surface area (Å²) in [5.41, 5.74) is 0. The molecular weight excluding hydrogens is 1010 g/mol. The Hall–Kier alpha value is -3.07. The highest BCUT2D eigenvalue weighted by atomic mass is 31.2. The third-order valence-corrected chi connectivity index (χ3v) is 15.2.